The summed E-state index contributed by atoms with van der Waals surface area (Å²) in [7, 11) is 0. The van der Waals surface area contributed by atoms with Gasteiger partial charge in [-0.15, -0.1) is 0 Å². The Hall–Kier alpha value is -1.62. The van der Waals surface area contributed by atoms with Gasteiger partial charge in [0.05, 0.1) is 21.3 Å². The van der Waals surface area contributed by atoms with Crippen molar-refractivity contribution < 1.29 is 4.79 Å². The maximum atomic E-state index is 12.3. The highest BCUT2D eigenvalue weighted by molar-refractivity contribution is 7.80. The van der Waals surface area contributed by atoms with E-state index in [1.165, 1.54) is 0 Å². The number of thiocarbonyl (C=S) groups is 1. The molecule has 0 heterocycles. The largest absolute Gasteiger partial charge is 0.389 e. The SMILES string of the molecule is Cc1cccc(NC(=O)c2cccc(Cl)c2Cl)c1C(N)=S. The zero-order valence-corrected chi connectivity index (χ0v) is 13.4. The number of nitrogens with one attached hydrogen (secondary N) is 1. The van der Waals surface area contributed by atoms with E-state index >= 15 is 0 Å². The number of amides is 1. The first-order chi connectivity index (χ1) is 9.91. The van der Waals surface area contributed by atoms with Crippen molar-refractivity contribution in [2.45, 2.75) is 6.92 Å². The molecule has 0 saturated heterocycles. The van der Waals surface area contributed by atoms with Gasteiger partial charge in [-0.05, 0) is 30.7 Å². The number of halogens is 2. The Bertz CT molecular complexity index is 732. The zero-order chi connectivity index (χ0) is 15.6. The predicted molar refractivity (Wildman–Crippen MR) is 91.5 cm³/mol. The average Bonchev–Trinajstić information content (AvgIpc) is 2.41. The number of anilines is 1. The Balaban J connectivity index is 2.39. The van der Waals surface area contributed by atoms with Crippen LogP contribution in [0, 0.1) is 6.92 Å². The van der Waals surface area contributed by atoms with Crippen LogP contribution in [0.3, 0.4) is 0 Å². The molecule has 0 aliphatic heterocycles. The Labute approximate surface area is 138 Å². The third-order valence-electron chi connectivity index (χ3n) is 2.96. The number of carbonyl (C=O) groups is 1. The normalized spacial score (nSPS) is 10.2. The van der Waals surface area contributed by atoms with Gasteiger partial charge in [-0.1, -0.05) is 53.6 Å². The van der Waals surface area contributed by atoms with E-state index in [0.717, 1.165) is 5.56 Å². The molecule has 0 aliphatic rings. The highest BCUT2D eigenvalue weighted by Crippen LogP contribution is 2.27. The van der Waals surface area contributed by atoms with Crippen LogP contribution in [-0.2, 0) is 0 Å². The fraction of sp³-hybridized carbons (Fsp3) is 0.0667. The summed E-state index contributed by atoms with van der Waals surface area (Å²) < 4.78 is 0. The van der Waals surface area contributed by atoms with Crippen LogP contribution in [0.25, 0.3) is 0 Å². The molecule has 2 aromatic rings. The van der Waals surface area contributed by atoms with Gasteiger partial charge in [0, 0.05) is 5.56 Å². The van der Waals surface area contributed by atoms with E-state index < -0.39 is 0 Å². The lowest BCUT2D eigenvalue weighted by Crippen LogP contribution is -2.19. The topological polar surface area (TPSA) is 55.1 Å². The minimum Gasteiger partial charge on any atom is -0.389 e. The van der Waals surface area contributed by atoms with Crippen LogP contribution in [-0.4, -0.2) is 10.9 Å². The standard InChI is InChI=1S/C15H12Cl2N2OS/c1-8-4-2-7-11(12(8)14(18)21)19-15(20)9-5-3-6-10(16)13(9)17/h2-7H,1H3,(H2,18,21)(H,19,20). The molecule has 0 saturated carbocycles. The van der Waals surface area contributed by atoms with Crippen LogP contribution in [0.4, 0.5) is 5.69 Å². The van der Waals surface area contributed by atoms with Crippen molar-refractivity contribution in [1.82, 2.24) is 0 Å². The van der Waals surface area contributed by atoms with Gasteiger partial charge in [-0.3, -0.25) is 4.79 Å². The lowest BCUT2D eigenvalue weighted by molar-refractivity contribution is 0.102. The summed E-state index contributed by atoms with van der Waals surface area (Å²) in [5.74, 6) is -0.370. The molecule has 0 aliphatic carbocycles. The van der Waals surface area contributed by atoms with E-state index in [0.29, 0.717) is 21.8 Å². The molecule has 2 rings (SSSR count). The van der Waals surface area contributed by atoms with Gasteiger partial charge < -0.3 is 11.1 Å². The zero-order valence-electron chi connectivity index (χ0n) is 11.1. The van der Waals surface area contributed by atoms with Gasteiger partial charge in [0.1, 0.15) is 4.99 Å². The van der Waals surface area contributed by atoms with Gasteiger partial charge in [-0.2, -0.15) is 0 Å². The molecule has 1 amide bonds. The van der Waals surface area contributed by atoms with E-state index in [1.807, 2.05) is 19.1 Å². The Morgan fingerprint density at radius 3 is 2.52 bits per heavy atom. The summed E-state index contributed by atoms with van der Waals surface area (Å²) in [4.78, 5) is 12.6. The van der Waals surface area contributed by atoms with Crippen molar-refractivity contribution in [1.29, 1.82) is 0 Å². The fourth-order valence-corrected chi connectivity index (χ4v) is 2.63. The molecule has 2 aromatic carbocycles. The summed E-state index contributed by atoms with van der Waals surface area (Å²) in [6.07, 6.45) is 0. The summed E-state index contributed by atoms with van der Waals surface area (Å²) >= 11 is 17.0. The first-order valence-corrected chi connectivity index (χ1v) is 7.23. The molecule has 3 nitrogen and oxygen atoms in total. The lowest BCUT2D eigenvalue weighted by atomic mass is 10.1. The quantitative estimate of drug-likeness (QED) is 0.825. The number of rotatable bonds is 3. The molecule has 3 N–H and O–H groups in total. The van der Waals surface area contributed by atoms with Gasteiger partial charge in [-0.25, -0.2) is 0 Å². The van der Waals surface area contributed by atoms with Gasteiger partial charge in [0.25, 0.3) is 5.91 Å². The smallest absolute Gasteiger partial charge is 0.257 e. The maximum absolute atomic E-state index is 12.3. The number of nitrogens with two attached hydrogens (primary N) is 1. The molecule has 0 aromatic heterocycles. The molecule has 108 valence electrons. The number of hydrogen-bond acceptors (Lipinski definition) is 2. The van der Waals surface area contributed by atoms with E-state index in [-0.39, 0.29) is 15.9 Å². The summed E-state index contributed by atoms with van der Waals surface area (Å²) in [5, 5.41) is 3.30. The second-order valence-electron chi connectivity index (χ2n) is 4.42. The second kappa shape index (κ2) is 6.43. The van der Waals surface area contributed by atoms with Crippen LogP contribution in [0.1, 0.15) is 21.5 Å². The van der Waals surface area contributed by atoms with Crippen LogP contribution in [0.15, 0.2) is 36.4 Å². The molecule has 0 unspecified atom stereocenters. The van der Waals surface area contributed by atoms with Crippen molar-refractivity contribution in [3.8, 4) is 0 Å². The van der Waals surface area contributed by atoms with Crippen LogP contribution < -0.4 is 11.1 Å². The maximum Gasteiger partial charge on any atom is 0.257 e. The summed E-state index contributed by atoms with van der Waals surface area (Å²) in [5.41, 5.74) is 8.08. The predicted octanol–water partition coefficient (Wildman–Crippen LogP) is 4.19. The first-order valence-electron chi connectivity index (χ1n) is 6.06. The number of benzene rings is 2. The van der Waals surface area contributed by atoms with Crippen molar-refractivity contribution in [2.75, 3.05) is 5.32 Å². The number of aryl methyl sites for hydroxylation is 1. The Kier molecular flexibility index (Phi) is 4.83. The second-order valence-corrected chi connectivity index (χ2v) is 5.64. The highest BCUT2D eigenvalue weighted by Gasteiger charge is 2.15. The number of hydrogen-bond donors (Lipinski definition) is 2. The van der Waals surface area contributed by atoms with Crippen molar-refractivity contribution in [2.24, 2.45) is 5.73 Å². The third kappa shape index (κ3) is 3.35. The Morgan fingerprint density at radius 2 is 1.86 bits per heavy atom. The van der Waals surface area contributed by atoms with Crippen LogP contribution in [0.2, 0.25) is 10.0 Å². The summed E-state index contributed by atoms with van der Waals surface area (Å²) in [6.45, 7) is 1.87. The molecule has 6 heteroatoms. The van der Waals surface area contributed by atoms with E-state index in [2.05, 4.69) is 5.32 Å². The molecule has 0 radical (unpaired) electrons. The number of carbonyl (C=O) groups excluding carboxylic acids is 1. The van der Waals surface area contributed by atoms with Crippen molar-refractivity contribution in [3.05, 3.63) is 63.1 Å². The molecule has 0 bridgehead atoms. The first kappa shape index (κ1) is 15.8. The summed E-state index contributed by atoms with van der Waals surface area (Å²) in [6, 6.07) is 10.3. The molecule has 0 atom stereocenters. The van der Waals surface area contributed by atoms with Crippen LogP contribution >= 0.6 is 35.4 Å². The van der Waals surface area contributed by atoms with Crippen LogP contribution in [0.5, 0.6) is 0 Å². The minimum absolute atomic E-state index is 0.209. The average molecular weight is 339 g/mol. The van der Waals surface area contributed by atoms with Crippen molar-refractivity contribution >= 4 is 52.0 Å². The van der Waals surface area contributed by atoms with E-state index in [4.69, 9.17) is 41.2 Å². The minimum atomic E-state index is -0.370. The van der Waals surface area contributed by atoms with Gasteiger partial charge >= 0.3 is 0 Å². The highest BCUT2D eigenvalue weighted by atomic mass is 35.5. The van der Waals surface area contributed by atoms with Crippen molar-refractivity contribution in [3.63, 3.8) is 0 Å². The molecule has 0 fully saturated rings. The molecular weight excluding hydrogens is 327 g/mol. The molecule has 0 spiro atoms. The Morgan fingerprint density at radius 1 is 1.19 bits per heavy atom. The lowest BCUT2D eigenvalue weighted by Gasteiger charge is -2.13. The molecular formula is C15H12Cl2N2OS. The van der Waals surface area contributed by atoms with Gasteiger partial charge in [0.2, 0.25) is 0 Å². The third-order valence-corrected chi connectivity index (χ3v) is 3.99. The molecule has 21 heavy (non-hydrogen) atoms. The fourth-order valence-electron chi connectivity index (χ4n) is 1.97. The van der Waals surface area contributed by atoms with E-state index in [1.54, 1.807) is 24.3 Å². The van der Waals surface area contributed by atoms with E-state index in [9.17, 15) is 4.79 Å². The monoisotopic (exact) mass is 338 g/mol. The van der Waals surface area contributed by atoms with Gasteiger partial charge in [0.15, 0.2) is 0 Å².